The first kappa shape index (κ1) is 24.2. The standard InChI is InChI=1S/C24H27F2N5O2S/c1-2-3-4-5-6-7-18-11-19-22(34-18)28-16-30(23(19)32)12-24(33,13-31-15-27-14-29-31)20-9-8-17(25)10-21(20)26/h8-11,14-16,33H,2-7,12-13H2,1H3. The van der Waals surface area contributed by atoms with Gasteiger partial charge in [-0.25, -0.2) is 23.4 Å². The van der Waals surface area contributed by atoms with Crippen LogP contribution >= 0.6 is 11.3 Å². The molecule has 0 aliphatic carbocycles. The Morgan fingerprint density at radius 3 is 2.65 bits per heavy atom. The maximum absolute atomic E-state index is 14.7. The van der Waals surface area contributed by atoms with Crippen molar-refractivity contribution in [2.24, 2.45) is 0 Å². The molecule has 180 valence electrons. The van der Waals surface area contributed by atoms with Crippen molar-refractivity contribution in [1.29, 1.82) is 0 Å². The van der Waals surface area contributed by atoms with Crippen molar-refractivity contribution in [1.82, 2.24) is 24.3 Å². The fourth-order valence-electron chi connectivity index (χ4n) is 4.10. The molecule has 3 aromatic heterocycles. The quantitative estimate of drug-likeness (QED) is 0.317. The zero-order valence-corrected chi connectivity index (χ0v) is 19.8. The molecule has 4 aromatic rings. The van der Waals surface area contributed by atoms with Crippen LogP contribution < -0.4 is 5.56 Å². The van der Waals surface area contributed by atoms with Crippen LogP contribution in [0.4, 0.5) is 8.78 Å². The van der Waals surface area contributed by atoms with Crippen molar-refractivity contribution >= 4 is 21.6 Å². The molecular weight excluding hydrogens is 460 g/mol. The summed E-state index contributed by atoms with van der Waals surface area (Å²) in [5.41, 5.74) is -2.37. The van der Waals surface area contributed by atoms with Crippen molar-refractivity contribution in [2.75, 3.05) is 0 Å². The van der Waals surface area contributed by atoms with Gasteiger partial charge in [-0.2, -0.15) is 5.10 Å². The molecule has 0 amide bonds. The summed E-state index contributed by atoms with van der Waals surface area (Å²) in [7, 11) is 0. The van der Waals surface area contributed by atoms with Gasteiger partial charge in [0.1, 0.15) is 34.7 Å². The minimum absolute atomic E-state index is 0.144. The molecule has 0 aliphatic heterocycles. The summed E-state index contributed by atoms with van der Waals surface area (Å²) in [6.45, 7) is 1.70. The Morgan fingerprint density at radius 1 is 1.09 bits per heavy atom. The van der Waals surface area contributed by atoms with Crippen molar-refractivity contribution in [2.45, 2.75) is 64.1 Å². The van der Waals surface area contributed by atoms with Gasteiger partial charge in [0.15, 0.2) is 0 Å². The smallest absolute Gasteiger partial charge is 0.262 e. The molecule has 0 saturated carbocycles. The Labute approximate surface area is 199 Å². The minimum atomic E-state index is -1.90. The third kappa shape index (κ3) is 5.39. The summed E-state index contributed by atoms with van der Waals surface area (Å²) in [6.07, 6.45) is 10.7. The summed E-state index contributed by atoms with van der Waals surface area (Å²) < 4.78 is 30.8. The van der Waals surface area contributed by atoms with E-state index in [1.165, 1.54) is 64.9 Å². The highest BCUT2D eigenvalue weighted by molar-refractivity contribution is 7.18. The third-order valence-electron chi connectivity index (χ3n) is 5.85. The Kier molecular flexibility index (Phi) is 7.47. The number of halogens is 2. The van der Waals surface area contributed by atoms with Gasteiger partial charge in [0, 0.05) is 16.5 Å². The summed E-state index contributed by atoms with van der Waals surface area (Å²) >= 11 is 1.50. The number of nitrogens with zero attached hydrogens (tertiary/aromatic N) is 5. The van der Waals surface area contributed by atoms with Crippen LogP contribution in [0.3, 0.4) is 0 Å². The third-order valence-corrected chi connectivity index (χ3v) is 6.95. The number of aryl methyl sites for hydroxylation is 1. The highest BCUT2D eigenvalue weighted by atomic mass is 32.1. The van der Waals surface area contributed by atoms with Crippen molar-refractivity contribution in [3.05, 3.63) is 75.7 Å². The molecule has 0 spiro atoms. The van der Waals surface area contributed by atoms with E-state index in [9.17, 15) is 18.7 Å². The van der Waals surface area contributed by atoms with Gasteiger partial charge in [-0.15, -0.1) is 11.3 Å². The summed E-state index contributed by atoms with van der Waals surface area (Å²) in [5, 5.41) is 16.0. The Bertz CT molecular complexity index is 1300. The summed E-state index contributed by atoms with van der Waals surface area (Å²) in [6, 6.07) is 4.82. The molecule has 7 nitrogen and oxygen atoms in total. The Hall–Kier alpha value is -2.98. The van der Waals surface area contributed by atoms with Gasteiger partial charge in [-0.3, -0.25) is 9.36 Å². The van der Waals surface area contributed by atoms with E-state index < -0.39 is 17.2 Å². The minimum Gasteiger partial charge on any atom is -0.381 e. The molecule has 1 aromatic carbocycles. The molecule has 1 N–H and O–H groups in total. The maximum Gasteiger partial charge on any atom is 0.262 e. The number of aliphatic hydroxyl groups is 1. The normalized spacial score (nSPS) is 13.4. The van der Waals surface area contributed by atoms with Gasteiger partial charge in [-0.1, -0.05) is 38.7 Å². The SMILES string of the molecule is CCCCCCCc1cc2c(=O)n(CC(O)(Cn3cncn3)c3ccc(F)cc3F)cnc2s1. The molecule has 0 saturated heterocycles. The molecule has 4 rings (SSSR count). The molecule has 34 heavy (non-hydrogen) atoms. The molecule has 0 aliphatic rings. The molecule has 0 radical (unpaired) electrons. The molecule has 10 heteroatoms. The largest absolute Gasteiger partial charge is 0.381 e. The van der Waals surface area contributed by atoms with Crippen molar-refractivity contribution in [3.63, 3.8) is 0 Å². The monoisotopic (exact) mass is 487 g/mol. The number of aromatic nitrogens is 5. The van der Waals surface area contributed by atoms with Crippen LogP contribution in [0.1, 0.15) is 49.5 Å². The predicted molar refractivity (Wildman–Crippen MR) is 127 cm³/mol. The number of fused-ring (bicyclic) bond motifs is 1. The zero-order chi connectivity index (χ0) is 24.1. The average molecular weight is 488 g/mol. The van der Waals surface area contributed by atoms with Gasteiger partial charge in [-0.05, 0) is 25.0 Å². The Balaban J connectivity index is 1.63. The first-order valence-corrected chi connectivity index (χ1v) is 12.2. The first-order valence-electron chi connectivity index (χ1n) is 11.4. The summed E-state index contributed by atoms with van der Waals surface area (Å²) in [5.74, 6) is -1.67. The number of benzene rings is 1. The highest BCUT2D eigenvalue weighted by Crippen LogP contribution is 2.29. The van der Waals surface area contributed by atoms with Crippen LogP contribution in [-0.2, 0) is 25.1 Å². The van der Waals surface area contributed by atoms with Gasteiger partial charge < -0.3 is 5.11 Å². The number of thiophene rings is 1. The van der Waals surface area contributed by atoms with Crippen LogP contribution in [0, 0.1) is 11.6 Å². The second-order valence-electron chi connectivity index (χ2n) is 8.52. The van der Waals surface area contributed by atoms with E-state index in [1.807, 2.05) is 6.07 Å². The first-order chi connectivity index (χ1) is 16.4. The van der Waals surface area contributed by atoms with Crippen LogP contribution in [0.5, 0.6) is 0 Å². The Morgan fingerprint density at radius 2 is 1.91 bits per heavy atom. The number of hydrogen-bond acceptors (Lipinski definition) is 6. The highest BCUT2D eigenvalue weighted by Gasteiger charge is 2.34. The van der Waals surface area contributed by atoms with E-state index in [0.29, 0.717) is 16.3 Å². The lowest BCUT2D eigenvalue weighted by Gasteiger charge is -2.29. The molecule has 0 fully saturated rings. The lowest BCUT2D eigenvalue weighted by molar-refractivity contribution is -0.00640. The van der Waals surface area contributed by atoms with E-state index >= 15 is 0 Å². The molecule has 3 heterocycles. The van der Waals surface area contributed by atoms with Crippen LogP contribution in [0.15, 0.2) is 48.0 Å². The lowest BCUT2D eigenvalue weighted by atomic mass is 9.92. The van der Waals surface area contributed by atoms with E-state index in [0.717, 1.165) is 30.2 Å². The van der Waals surface area contributed by atoms with E-state index in [2.05, 4.69) is 22.0 Å². The molecule has 0 bridgehead atoms. The second-order valence-corrected chi connectivity index (χ2v) is 9.64. The van der Waals surface area contributed by atoms with Gasteiger partial charge >= 0.3 is 0 Å². The maximum atomic E-state index is 14.7. The number of unbranched alkanes of at least 4 members (excludes halogenated alkanes) is 4. The fourth-order valence-corrected chi connectivity index (χ4v) is 5.13. The van der Waals surface area contributed by atoms with E-state index in [4.69, 9.17) is 0 Å². The van der Waals surface area contributed by atoms with Crippen molar-refractivity contribution < 1.29 is 13.9 Å². The van der Waals surface area contributed by atoms with Gasteiger partial charge in [0.25, 0.3) is 5.56 Å². The molecular formula is C24H27F2N5O2S. The number of hydrogen-bond donors (Lipinski definition) is 1. The van der Waals surface area contributed by atoms with Gasteiger partial charge in [0.2, 0.25) is 0 Å². The van der Waals surface area contributed by atoms with Gasteiger partial charge in [0.05, 0.1) is 24.8 Å². The lowest BCUT2D eigenvalue weighted by Crippen LogP contribution is -2.40. The molecule has 1 unspecified atom stereocenters. The van der Waals surface area contributed by atoms with Crippen LogP contribution in [0.2, 0.25) is 0 Å². The molecule has 1 atom stereocenters. The van der Waals surface area contributed by atoms with Crippen molar-refractivity contribution in [3.8, 4) is 0 Å². The summed E-state index contributed by atoms with van der Waals surface area (Å²) in [4.78, 5) is 23.2. The van der Waals surface area contributed by atoms with E-state index in [-0.39, 0.29) is 24.2 Å². The topological polar surface area (TPSA) is 85.8 Å². The van der Waals surface area contributed by atoms with E-state index in [1.54, 1.807) is 0 Å². The number of rotatable bonds is 11. The van der Waals surface area contributed by atoms with Crippen LogP contribution in [-0.4, -0.2) is 29.4 Å². The van der Waals surface area contributed by atoms with Crippen LogP contribution in [0.25, 0.3) is 10.2 Å². The average Bonchev–Trinajstić information content (AvgIpc) is 3.45. The predicted octanol–water partition coefficient (Wildman–Crippen LogP) is 4.43. The second kappa shape index (κ2) is 10.5. The zero-order valence-electron chi connectivity index (χ0n) is 19.0. The fraction of sp³-hybridized carbons (Fsp3) is 0.417.